The number of nitrogens with zero attached hydrogens (tertiary/aromatic N) is 1. The van der Waals surface area contributed by atoms with Crippen molar-refractivity contribution in [2.24, 2.45) is 0 Å². The van der Waals surface area contributed by atoms with Gasteiger partial charge in [-0.2, -0.15) is 5.26 Å². The topological polar surface area (TPSA) is 33.0 Å². The van der Waals surface area contributed by atoms with Crippen LogP contribution in [-0.4, -0.2) is 12.0 Å². The van der Waals surface area contributed by atoms with Crippen molar-refractivity contribution in [3.8, 4) is 11.8 Å². The molecule has 0 aromatic heterocycles. The number of hydrogen-bond acceptors (Lipinski definition) is 2. The van der Waals surface area contributed by atoms with Crippen LogP contribution in [0, 0.1) is 32.1 Å². The Labute approximate surface area is 95.4 Å². The Hall–Kier alpha value is -1.20. The summed E-state index contributed by atoms with van der Waals surface area (Å²) in [5.41, 5.74) is 3.36. The van der Waals surface area contributed by atoms with Gasteiger partial charge in [-0.1, -0.05) is 12.1 Å². The predicted molar refractivity (Wildman–Crippen MR) is 61.4 cm³/mol. The maximum atomic E-state index is 8.54. The van der Waals surface area contributed by atoms with Crippen LogP contribution in [-0.2, 0) is 0 Å². The van der Waals surface area contributed by atoms with Crippen molar-refractivity contribution in [1.29, 1.82) is 5.26 Å². The van der Waals surface area contributed by atoms with Gasteiger partial charge in [0, 0.05) is 0 Å². The lowest BCUT2D eigenvalue weighted by atomic mass is 10.1. The minimum atomic E-state index is -0.593. The lowest BCUT2D eigenvalue weighted by molar-refractivity contribution is 0.324. The first-order chi connectivity index (χ1) is 7.06. The van der Waals surface area contributed by atoms with Gasteiger partial charge in [-0.3, -0.25) is 0 Å². The molecule has 0 fully saturated rings. The molecule has 0 spiro atoms. The van der Waals surface area contributed by atoms with Crippen LogP contribution >= 0.6 is 11.6 Å². The summed E-state index contributed by atoms with van der Waals surface area (Å²) in [6.45, 7) is 6.25. The summed E-state index contributed by atoms with van der Waals surface area (Å²) in [4.78, 5) is 0. The molecule has 0 saturated heterocycles. The van der Waals surface area contributed by atoms with Gasteiger partial charge in [0.05, 0.1) is 6.07 Å². The van der Waals surface area contributed by atoms with Crippen molar-refractivity contribution in [2.75, 3.05) is 6.61 Å². The summed E-state index contributed by atoms with van der Waals surface area (Å²) >= 11 is 5.67. The zero-order valence-electron chi connectivity index (χ0n) is 9.17. The quantitative estimate of drug-likeness (QED) is 0.738. The fourth-order valence-corrected chi connectivity index (χ4v) is 1.40. The summed E-state index contributed by atoms with van der Waals surface area (Å²) in [6.07, 6.45) is 0. The summed E-state index contributed by atoms with van der Waals surface area (Å²) < 4.78 is 5.55. The molecule has 0 aliphatic rings. The van der Waals surface area contributed by atoms with E-state index in [1.165, 1.54) is 5.56 Å². The molecule has 1 aromatic carbocycles. The van der Waals surface area contributed by atoms with E-state index in [0.29, 0.717) is 0 Å². The number of halogens is 1. The average Bonchev–Trinajstić information content (AvgIpc) is 2.23. The molecule has 0 N–H and O–H groups in total. The Morgan fingerprint density at radius 3 is 2.53 bits per heavy atom. The normalized spacial score (nSPS) is 11.9. The van der Waals surface area contributed by atoms with E-state index in [2.05, 4.69) is 6.07 Å². The van der Waals surface area contributed by atoms with E-state index >= 15 is 0 Å². The van der Waals surface area contributed by atoms with Gasteiger partial charge >= 0.3 is 0 Å². The number of aryl methyl sites for hydroxylation is 2. The van der Waals surface area contributed by atoms with Crippen LogP contribution in [0.15, 0.2) is 12.1 Å². The fourth-order valence-electron chi connectivity index (χ4n) is 1.34. The van der Waals surface area contributed by atoms with Gasteiger partial charge in [0.2, 0.25) is 0 Å². The third kappa shape index (κ3) is 2.87. The SMILES string of the molecule is Cc1ccc(C)c(OCC(Cl)C#N)c1C. The summed E-state index contributed by atoms with van der Waals surface area (Å²) in [5, 5.41) is 7.95. The highest BCUT2D eigenvalue weighted by molar-refractivity contribution is 6.22. The molecule has 1 aromatic rings. The summed E-state index contributed by atoms with van der Waals surface area (Å²) in [6, 6.07) is 5.99. The van der Waals surface area contributed by atoms with E-state index in [9.17, 15) is 0 Å². The molecule has 1 rings (SSSR count). The number of alkyl halides is 1. The van der Waals surface area contributed by atoms with Gasteiger partial charge in [0.1, 0.15) is 12.4 Å². The zero-order chi connectivity index (χ0) is 11.4. The second-order valence-corrected chi connectivity index (χ2v) is 4.09. The molecule has 0 amide bonds. The molecule has 0 saturated carbocycles. The number of ether oxygens (including phenoxy) is 1. The van der Waals surface area contributed by atoms with Crippen molar-refractivity contribution in [2.45, 2.75) is 26.1 Å². The van der Waals surface area contributed by atoms with Crippen LogP contribution in [0.4, 0.5) is 0 Å². The number of nitriles is 1. The van der Waals surface area contributed by atoms with Gasteiger partial charge in [0.25, 0.3) is 0 Å². The molecule has 0 heterocycles. The van der Waals surface area contributed by atoms with Gasteiger partial charge < -0.3 is 4.74 Å². The van der Waals surface area contributed by atoms with Gasteiger partial charge in [-0.05, 0) is 37.5 Å². The molecule has 80 valence electrons. The van der Waals surface area contributed by atoms with Crippen LogP contribution in [0.2, 0.25) is 0 Å². The molecule has 0 bridgehead atoms. The second-order valence-electron chi connectivity index (χ2n) is 3.56. The molecule has 0 aliphatic carbocycles. The Bertz CT molecular complexity index is 395. The minimum Gasteiger partial charge on any atom is -0.490 e. The zero-order valence-corrected chi connectivity index (χ0v) is 9.93. The van der Waals surface area contributed by atoms with E-state index in [0.717, 1.165) is 16.9 Å². The monoisotopic (exact) mass is 223 g/mol. The van der Waals surface area contributed by atoms with Crippen LogP contribution in [0.1, 0.15) is 16.7 Å². The lowest BCUT2D eigenvalue weighted by Gasteiger charge is -2.13. The minimum absolute atomic E-state index is 0.225. The molecule has 15 heavy (non-hydrogen) atoms. The number of rotatable bonds is 3. The van der Waals surface area contributed by atoms with Crippen molar-refractivity contribution in [3.63, 3.8) is 0 Å². The third-order valence-corrected chi connectivity index (χ3v) is 2.61. The lowest BCUT2D eigenvalue weighted by Crippen LogP contribution is -2.10. The summed E-state index contributed by atoms with van der Waals surface area (Å²) in [5.74, 6) is 0.843. The van der Waals surface area contributed by atoms with Crippen molar-refractivity contribution >= 4 is 11.6 Å². The van der Waals surface area contributed by atoms with Crippen molar-refractivity contribution in [1.82, 2.24) is 0 Å². The number of benzene rings is 1. The van der Waals surface area contributed by atoms with Crippen molar-refractivity contribution in [3.05, 3.63) is 28.8 Å². The van der Waals surface area contributed by atoms with Gasteiger partial charge in [0.15, 0.2) is 5.38 Å². The van der Waals surface area contributed by atoms with Gasteiger partial charge in [-0.25, -0.2) is 0 Å². The Kier molecular flexibility index (Phi) is 3.99. The molecule has 2 nitrogen and oxygen atoms in total. The first kappa shape index (κ1) is 11.9. The van der Waals surface area contributed by atoms with Crippen molar-refractivity contribution < 1.29 is 4.74 Å². The standard InChI is InChI=1S/C12H14ClNO/c1-8-4-5-9(2)12(10(8)3)15-7-11(13)6-14/h4-5,11H,7H2,1-3H3. The molecule has 0 aliphatic heterocycles. The first-order valence-corrected chi connectivity index (χ1v) is 5.23. The van der Waals surface area contributed by atoms with E-state index < -0.39 is 5.38 Å². The molecule has 0 radical (unpaired) electrons. The van der Waals surface area contributed by atoms with Crippen LogP contribution in [0.3, 0.4) is 0 Å². The summed E-state index contributed by atoms with van der Waals surface area (Å²) in [7, 11) is 0. The second kappa shape index (κ2) is 5.04. The first-order valence-electron chi connectivity index (χ1n) is 4.79. The molecular weight excluding hydrogens is 210 g/mol. The maximum Gasteiger partial charge on any atom is 0.154 e. The fraction of sp³-hybridized carbons (Fsp3) is 0.417. The highest BCUT2D eigenvalue weighted by Gasteiger charge is 2.09. The van der Waals surface area contributed by atoms with E-state index in [1.54, 1.807) is 0 Å². The highest BCUT2D eigenvalue weighted by Crippen LogP contribution is 2.25. The third-order valence-electron chi connectivity index (χ3n) is 2.39. The predicted octanol–water partition coefficient (Wildman–Crippen LogP) is 3.12. The molecule has 1 unspecified atom stereocenters. The average molecular weight is 224 g/mol. The van der Waals surface area contributed by atoms with Crippen LogP contribution < -0.4 is 4.74 Å². The van der Waals surface area contributed by atoms with Crippen LogP contribution in [0.5, 0.6) is 5.75 Å². The number of hydrogen-bond donors (Lipinski definition) is 0. The van der Waals surface area contributed by atoms with E-state index in [4.69, 9.17) is 21.6 Å². The Balaban J connectivity index is 2.86. The largest absolute Gasteiger partial charge is 0.490 e. The highest BCUT2D eigenvalue weighted by atomic mass is 35.5. The Morgan fingerprint density at radius 1 is 1.33 bits per heavy atom. The van der Waals surface area contributed by atoms with E-state index in [-0.39, 0.29) is 6.61 Å². The van der Waals surface area contributed by atoms with Crippen LogP contribution in [0.25, 0.3) is 0 Å². The smallest absolute Gasteiger partial charge is 0.154 e. The molecular formula is C12H14ClNO. The Morgan fingerprint density at radius 2 is 1.93 bits per heavy atom. The van der Waals surface area contributed by atoms with E-state index in [1.807, 2.05) is 32.9 Å². The molecule has 3 heteroatoms. The van der Waals surface area contributed by atoms with Gasteiger partial charge in [-0.15, -0.1) is 11.6 Å². The molecule has 1 atom stereocenters. The maximum absolute atomic E-state index is 8.54.